The van der Waals surface area contributed by atoms with E-state index in [-0.39, 0.29) is 43.8 Å². The van der Waals surface area contributed by atoms with Crippen molar-refractivity contribution in [3.05, 3.63) is 35.9 Å². The van der Waals surface area contributed by atoms with Crippen LogP contribution >= 0.6 is 0 Å². The quantitative estimate of drug-likeness (QED) is 0.159. The van der Waals surface area contributed by atoms with Crippen LogP contribution in [0, 0.1) is 23.7 Å². The molecule has 1 amide bonds. The molecule has 1 aromatic rings. The first kappa shape index (κ1) is 57.7. The van der Waals surface area contributed by atoms with E-state index in [4.69, 9.17) is 52.1 Å². The van der Waals surface area contributed by atoms with Crippen molar-refractivity contribution < 1.29 is 80.9 Å². The lowest BCUT2D eigenvalue weighted by Crippen LogP contribution is -2.62. The summed E-state index contributed by atoms with van der Waals surface area (Å²) in [4.78, 5) is 86.0. The summed E-state index contributed by atoms with van der Waals surface area (Å²) in [5.41, 5.74) is -3.39. The molecule has 71 heavy (non-hydrogen) atoms. The molecule has 0 radical (unpaired) electrons. The topological polar surface area (TPSA) is 210 Å². The van der Waals surface area contributed by atoms with E-state index >= 15 is 9.59 Å². The molecule has 4 heterocycles. The summed E-state index contributed by atoms with van der Waals surface area (Å²) in [7, 11) is 6.75. The third kappa shape index (κ3) is 12.9. The van der Waals surface area contributed by atoms with Gasteiger partial charge in [0.1, 0.15) is 30.6 Å². The summed E-state index contributed by atoms with van der Waals surface area (Å²) < 4.78 is 69.5. The van der Waals surface area contributed by atoms with Crippen molar-refractivity contribution in [1.29, 1.82) is 0 Å². The number of Topliss-reactive ketones (excluding diaryl/α,β-unsaturated/α-hetero) is 1. The second-order valence-corrected chi connectivity index (χ2v) is 20.9. The fraction of sp³-hybridized carbons (Fsp3) is 0.769. The maximum Gasteiger partial charge on any atom is 0.411 e. The molecule has 4 saturated heterocycles. The van der Waals surface area contributed by atoms with Crippen LogP contribution in [0.1, 0.15) is 114 Å². The molecular weight excluding hydrogens is 925 g/mol. The molecule has 0 spiro atoms. The number of nitrogens with zero attached hydrogens (tertiary/aromatic N) is 2. The molecule has 0 aliphatic carbocycles. The number of fused-ring (bicyclic) bond motifs is 1. The van der Waals surface area contributed by atoms with Gasteiger partial charge in [0.25, 0.3) is 0 Å². The van der Waals surface area contributed by atoms with Crippen LogP contribution in [0.3, 0.4) is 0 Å². The van der Waals surface area contributed by atoms with Crippen LogP contribution in [0.15, 0.2) is 30.3 Å². The highest BCUT2D eigenvalue weighted by molar-refractivity contribution is 5.86. The Labute approximate surface area is 419 Å². The first-order chi connectivity index (χ1) is 33.2. The van der Waals surface area contributed by atoms with Gasteiger partial charge in [0.05, 0.1) is 48.0 Å². The lowest BCUT2D eigenvalue weighted by molar-refractivity contribution is -0.320. The molecule has 0 saturated carbocycles. The number of methoxy groups -OCH3 is 2. The first-order valence-electron chi connectivity index (χ1n) is 24.9. The van der Waals surface area contributed by atoms with E-state index < -0.39 is 132 Å². The van der Waals surface area contributed by atoms with E-state index in [0.29, 0.717) is 6.42 Å². The van der Waals surface area contributed by atoms with Crippen LogP contribution in [0.4, 0.5) is 4.79 Å². The maximum atomic E-state index is 15.1. The van der Waals surface area contributed by atoms with E-state index in [2.05, 4.69) is 0 Å². The van der Waals surface area contributed by atoms with Gasteiger partial charge in [-0.3, -0.25) is 28.9 Å². The van der Waals surface area contributed by atoms with Gasteiger partial charge in [-0.25, -0.2) is 4.79 Å². The Kier molecular flexibility index (Phi) is 19.3. The molecule has 19 nitrogen and oxygen atoms in total. The lowest BCUT2D eigenvalue weighted by Gasteiger charge is -2.50. The van der Waals surface area contributed by atoms with Gasteiger partial charge < -0.3 is 57.0 Å². The molecule has 4 fully saturated rings. The van der Waals surface area contributed by atoms with Crippen molar-refractivity contribution >= 4 is 35.8 Å². The Morgan fingerprint density at radius 1 is 0.803 bits per heavy atom. The summed E-state index contributed by atoms with van der Waals surface area (Å²) in [6, 6.07) is 7.63. The number of carbonyl (C=O) groups is 6. The summed E-state index contributed by atoms with van der Waals surface area (Å²) in [5.74, 6) is -6.55. The average molecular weight is 1010 g/mol. The minimum Gasteiger partial charge on any atom is -0.459 e. The zero-order valence-corrected chi connectivity index (χ0v) is 44.6. The maximum absolute atomic E-state index is 15.1. The van der Waals surface area contributed by atoms with E-state index in [9.17, 15) is 19.2 Å². The van der Waals surface area contributed by atoms with Crippen molar-refractivity contribution in [1.82, 2.24) is 9.80 Å². The van der Waals surface area contributed by atoms with E-state index in [1.54, 1.807) is 67.5 Å². The minimum atomic E-state index is -1.64. The van der Waals surface area contributed by atoms with Gasteiger partial charge in [-0.05, 0) is 80.5 Å². The second-order valence-electron chi connectivity index (χ2n) is 20.9. The van der Waals surface area contributed by atoms with Gasteiger partial charge >= 0.3 is 30.0 Å². The molecule has 0 bridgehead atoms. The zero-order valence-electron chi connectivity index (χ0n) is 44.6. The minimum absolute atomic E-state index is 0.0299. The predicted molar refractivity (Wildman–Crippen MR) is 255 cm³/mol. The number of carbonyl (C=O) groups excluding carboxylic acids is 6. The van der Waals surface area contributed by atoms with Gasteiger partial charge in [0.15, 0.2) is 30.4 Å². The number of hydrogen-bond acceptors (Lipinski definition) is 18. The smallest absolute Gasteiger partial charge is 0.411 e. The molecule has 0 unspecified atom stereocenters. The van der Waals surface area contributed by atoms with E-state index in [0.717, 1.165) is 5.56 Å². The molecular formula is C52H80N2O17. The van der Waals surface area contributed by atoms with Gasteiger partial charge in [-0.2, -0.15) is 0 Å². The van der Waals surface area contributed by atoms with Crippen LogP contribution in [0.5, 0.6) is 0 Å². The fourth-order valence-corrected chi connectivity index (χ4v) is 11.4. The Morgan fingerprint density at radius 2 is 1.42 bits per heavy atom. The third-order valence-electron chi connectivity index (χ3n) is 15.2. The molecule has 18 atom stereocenters. The number of amides is 1. The highest BCUT2D eigenvalue weighted by atomic mass is 16.7. The normalized spacial score (nSPS) is 39.4. The first-order valence-corrected chi connectivity index (χ1v) is 24.9. The van der Waals surface area contributed by atoms with E-state index in [1.165, 1.54) is 33.0 Å². The fourth-order valence-electron chi connectivity index (χ4n) is 11.4. The van der Waals surface area contributed by atoms with Gasteiger partial charge in [-0.15, -0.1) is 0 Å². The predicted octanol–water partition coefficient (Wildman–Crippen LogP) is 5.79. The number of esters is 4. The van der Waals surface area contributed by atoms with Crippen molar-refractivity contribution in [3.63, 3.8) is 0 Å². The SMILES string of the molecule is CC[C@H]1OC(=O)[C@H](C)[C@@H](O[C@H]2C[C@@](C)(OC)[C@@H](OC(C)=O)[C@H](C)O2)[C@H](C)[C@@H](O[C@@H]2O[C@H](C)C[C@H](N(C)C)[C@H]2OC(C)=O)[C@](C)(OC)C[C@@H](C)C(=O)[C@H](C)[C@H]2N(CC(=O)OCc3ccccc3)C(=O)O[C@]12C. The second kappa shape index (κ2) is 23.7. The number of benzene rings is 1. The summed E-state index contributed by atoms with van der Waals surface area (Å²) >= 11 is 0. The average Bonchev–Trinajstić information content (AvgIpc) is 3.56. The third-order valence-corrected chi connectivity index (χ3v) is 15.2. The highest BCUT2D eigenvalue weighted by Gasteiger charge is 2.61. The number of ether oxygens (including phenoxy) is 11. The Bertz CT molecular complexity index is 2020. The lowest BCUT2D eigenvalue weighted by atomic mass is 9.73. The summed E-state index contributed by atoms with van der Waals surface area (Å²) in [6.45, 7) is 19.5. The van der Waals surface area contributed by atoms with Crippen molar-refractivity contribution in [3.8, 4) is 0 Å². The highest BCUT2D eigenvalue weighted by Crippen LogP contribution is 2.45. The van der Waals surface area contributed by atoms with Crippen molar-refractivity contribution in [2.75, 3.05) is 34.9 Å². The van der Waals surface area contributed by atoms with E-state index in [1.807, 2.05) is 51.0 Å². The van der Waals surface area contributed by atoms with Crippen LogP contribution in [-0.2, 0) is 82.7 Å². The molecule has 5 rings (SSSR count). The van der Waals surface area contributed by atoms with Crippen molar-refractivity contribution in [2.24, 2.45) is 23.7 Å². The number of rotatable bonds is 14. The molecule has 0 N–H and O–H groups in total. The van der Waals surface area contributed by atoms with Gasteiger partial charge in [0.2, 0.25) is 0 Å². The van der Waals surface area contributed by atoms with Crippen molar-refractivity contribution in [2.45, 2.75) is 200 Å². The van der Waals surface area contributed by atoms with Crippen LogP contribution in [0.2, 0.25) is 0 Å². The largest absolute Gasteiger partial charge is 0.459 e. The molecule has 0 aromatic heterocycles. The Morgan fingerprint density at radius 3 is 2.00 bits per heavy atom. The van der Waals surface area contributed by atoms with Gasteiger partial charge in [0, 0.05) is 52.2 Å². The van der Waals surface area contributed by atoms with Crippen LogP contribution < -0.4 is 0 Å². The Hall–Kier alpha value is -4.24. The van der Waals surface area contributed by atoms with Crippen LogP contribution in [0.25, 0.3) is 0 Å². The summed E-state index contributed by atoms with van der Waals surface area (Å²) in [6.07, 6.45) is -8.50. The number of hydrogen-bond donors (Lipinski definition) is 0. The molecule has 400 valence electrons. The number of ketones is 1. The zero-order chi connectivity index (χ0) is 52.9. The molecule has 4 aliphatic heterocycles. The monoisotopic (exact) mass is 1000 g/mol. The molecule has 1 aromatic carbocycles. The number of likely N-dealkylation sites (N-methyl/N-ethyl adjacent to an activating group) is 1. The van der Waals surface area contributed by atoms with Gasteiger partial charge in [-0.1, -0.05) is 58.0 Å². The summed E-state index contributed by atoms with van der Waals surface area (Å²) in [5, 5.41) is 0. The van der Waals surface area contributed by atoms with Crippen LogP contribution in [-0.4, -0.2) is 165 Å². The number of cyclic esters (lactones) is 1. The molecule has 4 aliphatic rings. The standard InChI is InChI=1S/C52H80N2O17/c1-17-38-52(12)44(54(49(60)71-52)26-39(57)63-27-36-21-19-18-20-22-36)30(4)41(58)28(2)24-50(10,61-15)45(70-48-43(66-34(8)55)37(53(13)14)23-29(3)64-48)31(5)42(32(6)47(59)68-38)69-40-25-51(11,62-16)46(33(7)65-40)67-35(9)56/h18-22,28-33,37-38,40,42-46,48H,17,23-27H2,1-16H3/t28-,29-,30+,31+,32-,33+,37+,38-,40+,42+,43-,44-,45-,46+,48+,50-,51-,52-/m1/s1. The molecule has 19 heteroatoms. The Balaban J connectivity index is 1.65.